The minimum Gasteiger partial charge on any atom is -0.361 e. The molecule has 1 aliphatic heterocycles. The predicted octanol–water partition coefficient (Wildman–Crippen LogP) is 1.92. The third kappa shape index (κ3) is 4.26. The molecule has 0 aliphatic carbocycles. The molecule has 2 aromatic heterocycles. The topological polar surface area (TPSA) is 65.5 Å². The Morgan fingerprint density at radius 3 is 2.22 bits per heavy atom. The summed E-state index contributed by atoms with van der Waals surface area (Å²) in [5.74, 6) is 1.15. The van der Waals surface area contributed by atoms with E-state index in [-0.39, 0.29) is 11.5 Å². The molecule has 0 aromatic carbocycles. The van der Waals surface area contributed by atoms with Gasteiger partial charge in [-0.1, -0.05) is 0 Å². The van der Waals surface area contributed by atoms with Gasteiger partial charge in [0.25, 0.3) is 5.91 Å². The van der Waals surface area contributed by atoms with Crippen molar-refractivity contribution < 1.29 is 18.0 Å². The highest BCUT2D eigenvalue weighted by Crippen LogP contribution is 2.27. The van der Waals surface area contributed by atoms with Gasteiger partial charge in [-0.05, 0) is 24.3 Å². The smallest absolute Gasteiger partial charge is 0.361 e. The number of hydrogen-bond acceptors (Lipinski definition) is 6. The van der Waals surface area contributed by atoms with Gasteiger partial charge in [0.15, 0.2) is 11.6 Å². The predicted molar refractivity (Wildman–Crippen MR) is 93.7 cm³/mol. The first-order chi connectivity index (χ1) is 12.8. The number of rotatable bonds is 3. The fourth-order valence-electron chi connectivity index (χ4n) is 2.73. The van der Waals surface area contributed by atoms with Gasteiger partial charge in [0, 0.05) is 46.5 Å². The lowest BCUT2D eigenvalue weighted by molar-refractivity contribution is -0.141. The number of amides is 1. The molecular formula is C17H19F3N6O. The SMILES string of the molecule is CN(C)c1ccc(N2CCN(C(=O)c3ccc(C(F)(F)F)nc3)CC2)nn1. The van der Waals surface area contributed by atoms with Crippen LogP contribution < -0.4 is 9.80 Å². The van der Waals surface area contributed by atoms with Crippen molar-refractivity contribution in [2.75, 3.05) is 50.1 Å². The normalized spacial score (nSPS) is 15.0. The van der Waals surface area contributed by atoms with E-state index in [2.05, 4.69) is 15.2 Å². The van der Waals surface area contributed by atoms with Crippen LogP contribution in [0.5, 0.6) is 0 Å². The molecule has 0 N–H and O–H groups in total. The molecule has 0 unspecified atom stereocenters. The number of carbonyl (C=O) groups excluding carboxylic acids is 1. The van der Waals surface area contributed by atoms with E-state index in [0.29, 0.717) is 26.2 Å². The maximum absolute atomic E-state index is 12.6. The Morgan fingerprint density at radius 1 is 1.04 bits per heavy atom. The molecular weight excluding hydrogens is 361 g/mol. The van der Waals surface area contributed by atoms with Gasteiger partial charge in [0.2, 0.25) is 0 Å². The summed E-state index contributed by atoms with van der Waals surface area (Å²) in [6.45, 7) is 2.01. The summed E-state index contributed by atoms with van der Waals surface area (Å²) in [7, 11) is 3.76. The van der Waals surface area contributed by atoms with Crippen LogP contribution in [0.25, 0.3) is 0 Å². The number of pyridine rings is 1. The zero-order valence-electron chi connectivity index (χ0n) is 14.9. The van der Waals surface area contributed by atoms with Crippen LogP contribution in [0.15, 0.2) is 30.5 Å². The highest BCUT2D eigenvalue weighted by atomic mass is 19.4. The van der Waals surface area contributed by atoms with Crippen LogP contribution >= 0.6 is 0 Å². The summed E-state index contributed by atoms with van der Waals surface area (Å²) >= 11 is 0. The average Bonchev–Trinajstić information content (AvgIpc) is 2.67. The maximum Gasteiger partial charge on any atom is 0.433 e. The van der Waals surface area contributed by atoms with E-state index < -0.39 is 11.9 Å². The summed E-state index contributed by atoms with van der Waals surface area (Å²) in [5.41, 5.74) is -0.866. The van der Waals surface area contributed by atoms with Crippen LogP contribution in [0.2, 0.25) is 0 Å². The molecule has 0 spiro atoms. The molecule has 2 aromatic rings. The van der Waals surface area contributed by atoms with Gasteiger partial charge >= 0.3 is 6.18 Å². The molecule has 10 heteroatoms. The molecule has 7 nitrogen and oxygen atoms in total. The zero-order valence-corrected chi connectivity index (χ0v) is 14.9. The Hall–Kier alpha value is -2.91. The Bertz CT molecular complexity index is 784. The molecule has 3 rings (SSSR count). The molecule has 27 heavy (non-hydrogen) atoms. The Labute approximate surface area is 154 Å². The summed E-state index contributed by atoms with van der Waals surface area (Å²) in [4.78, 5) is 21.3. The van der Waals surface area contributed by atoms with E-state index in [1.165, 1.54) is 0 Å². The first kappa shape index (κ1) is 18.9. The van der Waals surface area contributed by atoms with Gasteiger partial charge in [-0.15, -0.1) is 10.2 Å². The van der Waals surface area contributed by atoms with Crippen molar-refractivity contribution in [3.63, 3.8) is 0 Å². The molecule has 0 atom stereocenters. The number of anilines is 2. The fraction of sp³-hybridized carbons (Fsp3) is 0.412. The van der Waals surface area contributed by atoms with Crippen LogP contribution in [-0.2, 0) is 6.18 Å². The van der Waals surface area contributed by atoms with Crippen molar-refractivity contribution in [2.24, 2.45) is 0 Å². The van der Waals surface area contributed by atoms with Gasteiger partial charge in [0.1, 0.15) is 5.69 Å². The first-order valence-corrected chi connectivity index (χ1v) is 8.34. The lowest BCUT2D eigenvalue weighted by Gasteiger charge is -2.35. The summed E-state index contributed by atoms with van der Waals surface area (Å²) in [5, 5.41) is 8.34. The number of nitrogens with zero attached hydrogens (tertiary/aromatic N) is 6. The highest BCUT2D eigenvalue weighted by molar-refractivity contribution is 5.94. The molecule has 3 heterocycles. The van der Waals surface area contributed by atoms with E-state index in [9.17, 15) is 18.0 Å². The van der Waals surface area contributed by atoms with Crippen LogP contribution in [0.1, 0.15) is 16.1 Å². The minimum atomic E-state index is -4.52. The molecule has 144 valence electrons. The highest BCUT2D eigenvalue weighted by Gasteiger charge is 2.32. The van der Waals surface area contributed by atoms with E-state index >= 15 is 0 Å². The van der Waals surface area contributed by atoms with Crippen molar-refractivity contribution in [1.82, 2.24) is 20.1 Å². The van der Waals surface area contributed by atoms with Gasteiger partial charge in [-0.25, -0.2) is 0 Å². The van der Waals surface area contributed by atoms with E-state index in [0.717, 1.165) is 30.0 Å². The number of piperazine rings is 1. The van der Waals surface area contributed by atoms with Crippen molar-refractivity contribution in [3.8, 4) is 0 Å². The van der Waals surface area contributed by atoms with Gasteiger partial charge in [-0.2, -0.15) is 13.2 Å². The second-order valence-electron chi connectivity index (χ2n) is 6.35. The van der Waals surface area contributed by atoms with E-state index in [1.807, 2.05) is 36.0 Å². The Morgan fingerprint density at radius 2 is 1.74 bits per heavy atom. The van der Waals surface area contributed by atoms with Gasteiger partial charge in [0.05, 0.1) is 5.56 Å². The number of halogens is 3. The number of carbonyl (C=O) groups is 1. The lowest BCUT2D eigenvalue weighted by Crippen LogP contribution is -2.49. The van der Waals surface area contributed by atoms with Crippen molar-refractivity contribution in [3.05, 3.63) is 41.7 Å². The maximum atomic E-state index is 12.6. The fourth-order valence-corrected chi connectivity index (χ4v) is 2.73. The number of aromatic nitrogens is 3. The monoisotopic (exact) mass is 380 g/mol. The lowest BCUT2D eigenvalue weighted by atomic mass is 10.2. The summed E-state index contributed by atoms with van der Waals surface area (Å²) in [6, 6.07) is 5.73. The average molecular weight is 380 g/mol. The van der Waals surface area contributed by atoms with Crippen LogP contribution in [-0.4, -0.2) is 66.3 Å². The second kappa shape index (κ2) is 7.37. The van der Waals surface area contributed by atoms with Crippen molar-refractivity contribution >= 4 is 17.5 Å². The largest absolute Gasteiger partial charge is 0.433 e. The van der Waals surface area contributed by atoms with Crippen molar-refractivity contribution in [1.29, 1.82) is 0 Å². The first-order valence-electron chi connectivity index (χ1n) is 8.34. The minimum absolute atomic E-state index is 0.145. The standard InChI is InChI=1S/C17H19F3N6O/c1-24(2)14-5-6-15(23-22-14)25-7-9-26(10-8-25)16(27)12-3-4-13(21-11-12)17(18,19)20/h3-6,11H,7-10H2,1-2H3. The summed E-state index contributed by atoms with van der Waals surface area (Å²) in [6.07, 6.45) is -3.54. The third-order valence-electron chi connectivity index (χ3n) is 4.29. The molecule has 1 aliphatic rings. The summed E-state index contributed by atoms with van der Waals surface area (Å²) < 4.78 is 37.7. The van der Waals surface area contributed by atoms with E-state index in [4.69, 9.17) is 0 Å². The third-order valence-corrected chi connectivity index (χ3v) is 4.29. The molecule has 1 amide bonds. The van der Waals surface area contributed by atoms with Crippen LogP contribution in [0.3, 0.4) is 0 Å². The quantitative estimate of drug-likeness (QED) is 0.811. The molecule has 0 radical (unpaired) electrons. The van der Waals surface area contributed by atoms with Crippen LogP contribution in [0, 0.1) is 0 Å². The van der Waals surface area contributed by atoms with Gasteiger partial charge < -0.3 is 14.7 Å². The molecule has 1 saturated heterocycles. The van der Waals surface area contributed by atoms with E-state index in [1.54, 1.807) is 4.90 Å². The number of hydrogen-bond donors (Lipinski definition) is 0. The number of alkyl halides is 3. The molecule has 0 saturated carbocycles. The second-order valence-corrected chi connectivity index (χ2v) is 6.35. The molecule has 0 bridgehead atoms. The van der Waals surface area contributed by atoms with Crippen molar-refractivity contribution in [2.45, 2.75) is 6.18 Å². The van der Waals surface area contributed by atoms with Gasteiger partial charge in [-0.3, -0.25) is 9.78 Å². The Kier molecular flexibility index (Phi) is 5.15. The zero-order chi connectivity index (χ0) is 19.6. The Balaban J connectivity index is 1.60. The molecule has 1 fully saturated rings. The van der Waals surface area contributed by atoms with Crippen LogP contribution in [0.4, 0.5) is 24.8 Å².